The number of likely N-dealkylation sites (tertiary alicyclic amines) is 1. The second-order valence-electron chi connectivity index (χ2n) is 7.67. The summed E-state index contributed by atoms with van der Waals surface area (Å²) < 4.78 is 0. The lowest BCUT2D eigenvalue weighted by atomic mass is 9.67. The number of piperidine rings is 1. The van der Waals surface area contributed by atoms with E-state index in [1.807, 2.05) is 11.8 Å². The van der Waals surface area contributed by atoms with Crippen molar-refractivity contribution >= 4 is 11.8 Å². The van der Waals surface area contributed by atoms with Crippen LogP contribution in [0.5, 0.6) is 0 Å². The molecule has 0 aromatic rings. The summed E-state index contributed by atoms with van der Waals surface area (Å²) in [4.78, 5) is 26.8. The van der Waals surface area contributed by atoms with E-state index in [9.17, 15) is 9.59 Å². The van der Waals surface area contributed by atoms with Crippen LogP contribution in [0, 0.1) is 11.8 Å². The van der Waals surface area contributed by atoms with Gasteiger partial charge in [-0.1, -0.05) is 13.3 Å². The number of amides is 2. The van der Waals surface area contributed by atoms with E-state index < -0.39 is 0 Å². The molecule has 0 spiro atoms. The summed E-state index contributed by atoms with van der Waals surface area (Å²) in [5, 5.41) is 3.33. The van der Waals surface area contributed by atoms with Crippen LogP contribution in [-0.2, 0) is 9.59 Å². The third kappa shape index (κ3) is 3.54. The number of nitrogens with one attached hydrogen (secondary N) is 1. The topological polar surface area (TPSA) is 75.4 Å². The number of hydrogen-bond acceptors (Lipinski definition) is 3. The van der Waals surface area contributed by atoms with Gasteiger partial charge in [-0.05, 0) is 56.8 Å². The number of hydrogen-bond donors (Lipinski definition) is 2. The Hall–Kier alpha value is -1.10. The van der Waals surface area contributed by atoms with Crippen molar-refractivity contribution in [3.8, 4) is 0 Å². The Morgan fingerprint density at radius 2 is 1.78 bits per heavy atom. The lowest BCUT2D eigenvalue weighted by Crippen LogP contribution is -2.59. The fourth-order valence-corrected chi connectivity index (χ4v) is 4.99. The van der Waals surface area contributed by atoms with Gasteiger partial charge in [0.2, 0.25) is 11.8 Å². The Bertz CT molecular complexity index is 440. The van der Waals surface area contributed by atoms with E-state index in [1.165, 1.54) is 19.3 Å². The van der Waals surface area contributed by atoms with Crippen LogP contribution in [0.1, 0.15) is 64.7 Å². The van der Waals surface area contributed by atoms with Crippen molar-refractivity contribution in [3.05, 3.63) is 0 Å². The molecule has 5 nitrogen and oxygen atoms in total. The predicted octanol–water partition coefficient (Wildman–Crippen LogP) is 1.80. The first kappa shape index (κ1) is 16.7. The molecule has 3 aliphatic rings. The van der Waals surface area contributed by atoms with E-state index >= 15 is 0 Å². The lowest BCUT2D eigenvalue weighted by molar-refractivity contribution is -0.143. The molecule has 0 radical (unpaired) electrons. The van der Waals surface area contributed by atoms with Crippen LogP contribution in [-0.4, -0.2) is 41.4 Å². The molecule has 2 amide bonds. The van der Waals surface area contributed by atoms with Gasteiger partial charge >= 0.3 is 0 Å². The van der Waals surface area contributed by atoms with E-state index in [2.05, 4.69) is 5.32 Å². The van der Waals surface area contributed by atoms with Crippen LogP contribution in [0.2, 0.25) is 0 Å². The molecular formula is C18H31N3O2. The molecule has 3 rings (SSSR count). The molecule has 0 aromatic heterocycles. The summed E-state index contributed by atoms with van der Waals surface area (Å²) in [6, 6.07) is 0.315. The molecule has 3 unspecified atom stereocenters. The van der Waals surface area contributed by atoms with Crippen LogP contribution in [0.3, 0.4) is 0 Å². The van der Waals surface area contributed by atoms with E-state index in [4.69, 9.17) is 5.73 Å². The zero-order valence-electron chi connectivity index (χ0n) is 14.3. The summed E-state index contributed by atoms with van der Waals surface area (Å²) >= 11 is 0. The molecule has 2 aliphatic carbocycles. The average molecular weight is 321 g/mol. The third-order valence-corrected chi connectivity index (χ3v) is 6.11. The van der Waals surface area contributed by atoms with Crippen LogP contribution in [0.4, 0.5) is 0 Å². The quantitative estimate of drug-likeness (QED) is 0.832. The van der Waals surface area contributed by atoms with Crippen LogP contribution in [0.25, 0.3) is 0 Å². The first-order valence-electron chi connectivity index (χ1n) is 9.45. The maximum Gasteiger partial charge on any atom is 0.243 e. The summed E-state index contributed by atoms with van der Waals surface area (Å²) in [6.07, 6.45) is 9.01. The summed E-state index contributed by atoms with van der Waals surface area (Å²) in [6.45, 7) is 2.60. The molecule has 1 saturated heterocycles. The highest BCUT2D eigenvalue weighted by Crippen LogP contribution is 2.39. The van der Waals surface area contributed by atoms with Crippen LogP contribution in [0.15, 0.2) is 0 Å². The van der Waals surface area contributed by atoms with Gasteiger partial charge in [0, 0.05) is 25.0 Å². The van der Waals surface area contributed by atoms with Gasteiger partial charge in [0.15, 0.2) is 0 Å². The van der Waals surface area contributed by atoms with Crippen LogP contribution >= 0.6 is 0 Å². The van der Waals surface area contributed by atoms with Gasteiger partial charge in [-0.15, -0.1) is 0 Å². The number of carbonyl (C=O) groups excluding carboxylic acids is 2. The molecule has 3 N–H and O–H groups in total. The van der Waals surface area contributed by atoms with E-state index in [-0.39, 0.29) is 23.9 Å². The summed E-state index contributed by atoms with van der Waals surface area (Å²) in [7, 11) is 0. The Morgan fingerprint density at radius 3 is 2.43 bits per heavy atom. The lowest BCUT2D eigenvalue weighted by Gasteiger charge is -2.46. The first-order valence-corrected chi connectivity index (χ1v) is 9.45. The standard InChI is InChI=1S/C18H31N3O2/c1-2-16(22)21-9-4-3-8-15(21)18(23)20-17-12-6-5-7-13(17)11-14(19)10-12/h12-15,17H,2-11,19H2,1H3,(H,20,23). The van der Waals surface area contributed by atoms with Crippen LogP contribution < -0.4 is 11.1 Å². The zero-order chi connectivity index (χ0) is 16.4. The normalized spacial score (nSPS) is 37.3. The van der Waals surface area contributed by atoms with Gasteiger partial charge in [-0.2, -0.15) is 0 Å². The van der Waals surface area contributed by atoms with E-state index in [0.29, 0.717) is 24.3 Å². The smallest absolute Gasteiger partial charge is 0.243 e. The Balaban J connectivity index is 1.66. The minimum Gasteiger partial charge on any atom is -0.351 e. The Kier molecular flexibility index (Phi) is 5.24. The second kappa shape index (κ2) is 7.20. The van der Waals surface area contributed by atoms with Gasteiger partial charge < -0.3 is 16.0 Å². The molecule has 2 saturated carbocycles. The number of rotatable bonds is 3. The number of fused-ring (bicyclic) bond motifs is 2. The minimum atomic E-state index is -0.257. The number of carbonyl (C=O) groups is 2. The van der Waals surface area contributed by atoms with Crippen molar-refractivity contribution < 1.29 is 9.59 Å². The van der Waals surface area contributed by atoms with Crippen molar-refractivity contribution in [2.75, 3.05) is 6.54 Å². The van der Waals surface area contributed by atoms with Gasteiger partial charge in [0.25, 0.3) is 0 Å². The highest BCUT2D eigenvalue weighted by atomic mass is 16.2. The maximum absolute atomic E-state index is 12.9. The van der Waals surface area contributed by atoms with E-state index in [0.717, 1.165) is 38.6 Å². The maximum atomic E-state index is 12.9. The van der Waals surface area contributed by atoms with Crippen molar-refractivity contribution in [3.63, 3.8) is 0 Å². The highest BCUT2D eigenvalue weighted by molar-refractivity contribution is 5.88. The van der Waals surface area contributed by atoms with Gasteiger partial charge in [-0.3, -0.25) is 9.59 Å². The molecule has 3 fully saturated rings. The highest BCUT2D eigenvalue weighted by Gasteiger charge is 2.41. The molecule has 2 bridgehead atoms. The van der Waals surface area contributed by atoms with Crippen molar-refractivity contribution in [1.82, 2.24) is 10.2 Å². The Labute approximate surface area is 139 Å². The van der Waals surface area contributed by atoms with Crippen molar-refractivity contribution in [1.29, 1.82) is 0 Å². The average Bonchev–Trinajstić information content (AvgIpc) is 2.55. The first-order chi connectivity index (χ1) is 11.1. The fourth-order valence-electron chi connectivity index (χ4n) is 4.99. The summed E-state index contributed by atoms with van der Waals surface area (Å²) in [5.41, 5.74) is 6.18. The molecule has 3 atom stereocenters. The minimum absolute atomic E-state index is 0.0730. The SMILES string of the molecule is CCC(=O)N1CCCCC1C(=O)NC1C2CCCC1CC(N)C2. The van der Waals surface area contributed by atoms with Crippen molar-refractivity contribution in [2.24, 2.45) is 17.6 Å². The number of nitrogens with zero attached hydrogens (tertiary/aromatic N) is 1. The molecule has 130 valence electrons. The molecule has 1 heterocycles. The van der Waals surface area contributed by atoms with Gasteiger partial charge in [0.1, 0.15) is 6.04 Å². The van der Waals surface area contributed by atoms with Crippen molar-refractivity contribution in [2.45, 2.75) is 82.8 Å². The third-order valence-electron chi connectivity index (χ3n) is 6.11. The largest absolute Gasteiger partial charge is 0.351 e. The zero-order valence-corrected chi connectivity index (χ0v) is 14.3. The molecule has 0 aromatic carbocycles. The second-order valence-corrected chi connectivity index (χ2v) is 7.67. The van der Waals surface area contributed by atoms with Gasteiger partial charge in [0.05, 0.1) is 0 Å². The Morgan fingerprint density at radius 1 is 1.09 bits per heavy atom. The van der Waals surface area contributed by atoms with E-state index in [1.54, 1.807) is 0 Å². The molecule has 5 heteroatoms. The molecule has 23 heavy (non-hydrogen) atoms. The molecular weight excluding hydrogens is 290 g/mol. The number of nitrogens with two attached hydrogens (primary N) is 1. The monoisotopic (exact) mass is 321 g/mol. The summed E-state index contributed by atoms with van der Waals surface area (Å²) in [5.74, 6) is 1.24. The van der Waals surface area contributed by atoms with Gasteiger partial charge in [-0.25, -0.2) is 0 Å². The molecule has 1 aliphatic heterocycles. The fraction of sp³-hybridized carbons (Fsp3) is 0.889. The predicted molar refractivity (Wildman–Crippen MR) is 89.6 cm³/mol.